The maximum absolute atomic E-state index is 6.42. The van der Waals surface area contributed by atoms with Gasteiger partial charge < -0.3 is 9.33 Å². The minimum Gasteiger partial charge on any atom is -0.414 e. The Bertz CT molecular complexity index is 740. The zero-order valence-electron chi connectivity index (χ0n) is 14.6. The van der Waals surface area contributed by atoms with Crippen LogP contribution in [0.4, 0.5) is 5.69 Å². The molecule has 1 aromatic carbocycles. The van der Waals surface area contributed by atoms with Crippen molar-refractivity contribution in [1.82, 2.24) is 0 Å². The lowest BCUT2D eigenvalue weighted by molar-refractivity contribution is 0.281. The zero-order chi connectivity index (χ0) is 16.1. The molecule has 118 valence electrons. The van der Waals surface area contributed by atoms with Crippen molar-refractivity contribution in [1.29, 1.82) is 0 Å². The van der Waals surface area contributed by atoms with Gasteiger partial charge in [0.1, 0.15) is 0 Å². The average Bonchev–Trinajstić information content (AvgIpc) is 2.98. The molecule has 0 saturated heterocycles. The van der Waals surface area contributed by atoms with E-state index in [4.69, 9.17) is 4.43 Å². The highest BCUT2D eigenvalue weighted by molar-refractivity contribution is 6.74. The molecule has 0 spiro atoms. The molecule has 0 aromatic heterocycles. The van der Waals surface area contributed by atoms with Crippen LogP contribution in [-0.2, 0) is 4.43 Å². The van der Waals surface area contributed by atoms with E-state index in [1.165, 1.54) is 21.7 Å². The molecule has 0 amide bonds. The van der Waals surface area contributed by atoms with E-state index in [0.29, 0.717) is 6.04 Å². The van der Waals surface area contributed by atoms with Crippen LogP contribution in [0.25, 0.3) is 18.2 Å². The van der Waals surface area contributed by atoms with Crippen LogP contribution in [0.5, 0.6) is 0 Å². The first-order chi connectivity index (χ1) is 10.2. The second-order valence-corrected chi connectivity index (χ2v) is 12.8. The van der Waals surface area contributed by atoms with Crippen LogP contribution in [-0.4, -0.2) is 28.0 Å². The number of allylic oxidation sites excluding steroid dienone is 1. The van der Waals surface area contributed by atoms with E-state index < -0.39 is 8.32 Å². The highest BCUT2D eigenvalue weighted by Gasteiger charge is 2.38. The van der Waals surface area contributed by atoms with Crippen molar-refractivity contribution in [2.45, 2.75) is 44.9 Å². The maximum Gasteiger partial charge on any atom is 0.192 e. The van der Waals surface area contributed by atoms with Crippen LogP contribution in [0.1, 0.15) is 26.3 Å². The summed E-state index contributed by atoms with van der Waals surface area (Å²) in [6, 6.07) is 4.94. The van der Waals surface area contributed by atoms with E-state index in [9.17, 15) is 0 Å². The molecule has 1 aromatic rings. The zero-order valence-corrected chi connectivity index (χ0v) is 15.6. The summed E-state index contributed by atoms with van der Waals surface area (Å²) in [5, 5.41) is 2.92. The molecule has 1 aliphatic carbocycles. The van der Waals surface area contributed by atoms with Gasteiger partial charge in [0.15, 0.2) is 8.32 Å². The van der Waals surface area contributed by atoms with E-state index in [2.05, 4.69) is 82.2 Å². The number of benzene rings is 1. The van der Waals surface area contributed by atoms with Gasteiger partial charge in [0.05, 0.1) is 12.6 Å². The van der Waals surface area contributed by atoms with E-state index in [1.807, 2.05) is 0 Å². The fraction of sp³-hybridized carbons (Fsp3) is 0.474. The summed E-state index contributed by atoms with van der Waals surface area (Å²) in [5.41, 5.74) is 2.65. The predicted octanol–water partition coefficient (Wildman–Crippen LogP) is 3.11. The third kappa shape index (κ3) is 2.57. The van der Waals surface area contributed by atoms with Gasteiger partial charge in [-0.15, -0.1) is 0 Å². The van der Waals surface area contributed by atoms with Crippen LogP contribution >= 0.6 is 0 Å². The van der Waals surface area contributed by atoms with Crippen LogP contribution in [0.2, 0.25) is 18.1 Å². The molecule has 0 fully saturated rings. The van der Waals surface area contributed by atoms with Crippen LogP contribution in [0, 0.1) is 0 Å². The molecule has 1 atom stereocenters. The number of nitrogens with zero attached hydrogens (tertiary/aromatic N) is 1. The van der Waals surface area contributed by atoms with Crippen LogP contribution < -0.4 is 15.3 Å². The summed E-state index contributed by atoms with van der Waals surface area (Å²) < 4.78 is 6.42. The lowest BCUT2D eigenvalue weighted by Gasteiger charge is -2.37. The number of hydrogen-bond donors (Lipinski definition) is 0. The van der Waals surface area contributed by atoms with Crippen LogP contribution in [0.15, 0.2) is 18.2 Å². The first-order valence-corrected chi connectivity index (χ1v) is 11.0. The summed E-state index contributed by atoms with van der Waals surface area (Å²) >= 11 is 0. The summed E-state index contributed by atoms with van der Waals surface area (Å²) in [6.45, 7) is 12.3. The Morgan fingerprint density at radius 3 is 2.59 bits per heavy atom. The fourth-order valence-electron chi connectivity index (χ4n) is 2.79. The first kappa shape index (κ1) is 15.6. The van der Waals surface area contributed by atoms with Gasteiger partial charge in [-0.3, -0.25) is 0 Å². The summed E-state index contributed by atoms with van der Waals surface area (Å²) in [7, 11) is 0.490. The molecule has 0 bridgehead atoms. The summed E-state index contributed by atoms with van der Waals surface area (Å²) in [6.07, 6.45) is 8.85. The molecular formula is C19H27NOSi. The Labute approximate surface area is 134 Å². The lowest BCUT2D eigenvalue weighted by atomic mass is 10.1. The lowest BCUT2D eigenvalue weighted by Crippen LogP contribution is -2.44. The van der Waals surface area contributed by atoms with Gasteiger partial charge in [0.2, 0.25) is 0 Å². The molecule has 3 rings (SSSR count). The van der Waals surface area contributed by atoms with E-state index in [-0.39, 0.29) is 5.04 Å². The summed E-state index contributed by atoms with van der Waals surface area (Å²) in [4.78, 5) is 2.36. The van der Waals surface area contributed by atoms with E-state index in [1.54, 1.807) is 0 Å². The van der Waals surface area contributed by atoms with Gasteiger partial charge in [0.25, 0.3) is 0 Å². The molecule has 1 unspecified atom stereocenters. The Kier molecular flexibility index (Phi) is 3.61. The third-order valence-corrected chi connectivity index (χ3v) is 9.96. The smallest absolute Gasteiger partial charge is 0.192 e. The second-order valence-electron chi connectivity index (χ2n) is 7.98. The molecule has 0 saturated carbocycles. The largest absolute Gasteiger partial charge is 0.414 e. The number of rotatable bonds is 3. The Hall–Kier alpha value is -1.32. The molecule has 2 nitrogen and oxygen atoms in total. The molecule has 1 aliphatic heterocycles. The van der Waals surface area contributed by atoms with E-state index in [0.717, 1.165) is 6.61 Å². The van der Waals surface area contributed by atoms with Gasteiger partial charge in [-0.2, -0.15) is 0 Å². The average molecular weight is 314 g/mol. The number of anilines is 1. The standard InChI is InChI=1S/C19H27NOSi/c1-19(2,3)22(5,6)21-13-17-11-16-10-14-8-7-9-15(14)12-18(16)20(17)4/h7-12,17H,13H2,1-6H3. The summed E-state index contributed by atoms with van der Waals surface area (Å²) in [5.74, 6) is 0. The predicted molar refractivity (Wildman–Crippen MR) is 99.0 cm³/mol. The third-order valence-electron chi connectivity index (χ3n) is 5.45. The van der Waals surface area contributed by atoms with Crippen molar-refractivity contribution in [3.63, 3.8) is 0 Å². The van der Waals surface area contributed by atoms with Crippen molar-refractivity contribution < 1.29 is 4.43 Å². The molecule has 22 heavy (non-hydrogen) atoms. The molecule has 1 heterocycles. The van der Waals surface area contributed by atoms with Gasteiger partial charge in [0, 0.05) is 12.7 Å². The van der Waals surface area contributed by atoms with Crippen molar-refractivity contribution in [2.24, 2.45) is 0 Å². The molecule has 0 radical (unpaired) electrons. The van der Waals surface area contributed by atoms with Gasteiger partial charge in [-0.1, -0.05) is 45.1 Å². The van der Waals surface area contributed by atoms with Gasteiger partial charge in [-0.25, -0.2) is 0 Å². The molecule has 2 aliphatic rings. The van der Waals surface area contributed by atoms with Crippen LogP contribution in [0.3, 0.4) is 0 Å². The maximum atomic E-state index is 6.42. The normalized spacial score (nSPS) is 19.7. The topological polar surface area (TPSA) is 12.5 Å². The highest BCUT2D eigenvalue weighted by Crippen LogP contribution is 2.36. The van der Waals surface area contributed by atoms with Crippen molar-refractivity contribution in [3.8, 4) is 0 Å². The highest BCUT2D eigenvalue weighted by atomic mass is 28.4. The fourth-order valence-corrected chi connectivity index (χ4v) is 3.81. The van der Waals surface area contributed by atoms with Crippen molar-refractivity contribution >= 4 is 32.2 Å². The van der Waals surface area contributed by atoms with E-state index >= 15 is 0 Å². The monoisotopic (exact) mass is 313 g/mol. The Morgan fingerprint density at radius 1 is 1.18 bits per heavy atom. The minimum atomic E-state index is -1.69. The van der Waals surface area contributed by atoms with Crippen molar-refractivity contribution in [2.75, 3.05) is 18.6 Å². The van der Waals surface area contributed by atoms with Gasteiger partial charge >= 0.3 is 0 Å². The molecule has 3 heteroatoms. The first-order valence-electron chi connectivity index (χ1n) is 8.10. The quantitative estimate of drug-likeness (QED) is 0.795. The minimum absolute atomic E-state index is 0.262. The van der Waals surface area contributed by atoms with Crippen molar-refractivity contribution in [3.05, 3.63) is 34.2 Å². The Balaban J connectivity index is 1.80. The number of fused-ring (bicyclic) bond motifs is 2. The van der Waals surface area contributed by atoms with Gasteiger partial charge in [-0.05, 0) is 46.3 Å². The number of hydrogen-bond acceptors (Lipinski definition) is 2. The molecule has 0 N–H and O–H groups in total. The SMILES string of the molecule is CN1c2cc3c(cc2=CC1CO[Si](C)(C)C(C)(C)C)C=CC=3. The molecular weight excluding hydrogens is 286 g/mol. The second kappa shape index (κ2) is 5.10. The Morgan fingerprint density at radius 2 is 1.91 bits per heavy atom. The number of likely N-dealkylation sites (N-methyl/N-ethyl adjacent to an activating group) is 1.